The highest BCUT2D eigenvalue weighted by Crippen LogP contribution is 1.86. The second kappa shape index (κ2) is 3.62. The van der Waals surface area contributed by atoms with E-state index in [9.17, 15) is 0 Å². The minimum absolute atomic E-state index is 0. The fourth-order valence-corrected chi connectivity index (χ4v) is 0.429. The number of nitriles is 1. The molecule has 0 unspecified atom stereocenters. The molecular formula is C7H8N2. The molecule has 0 aliphatic heterocycles. The van der Waals surface area contributed by atoms with Gasteiger partial charge in [-0.1, -0.05) is 13.5 Å². The predicted octanol–water partition coefficient (Wildman–Crippen LogP) is 1.59. The van der Waals surface area contributed by atoms with Crippen molar-refractivity contribution in [2.24, 2.45) is 0 Å². The molecule has 9 heavy (non-hydrogen) atoms. The molecule has 1 rings (SSSR count). The van der Waals surface area contributed by atoms with Gasteiger partial charge in [0, 0.05) is 6.20 Å². The minimum Gasteiger partial charge on any atom is -0.246 e. The van der Waals surface area contributed by atoms with E-state index in [4.69, 9.17) is 5.26 Å². The number of aromatic nitrogens is 1. The van der Waals surface area contributed by atoms with Crippen LogP contribution in [0.2, 0.25) is 0 Å². The van der Waals surface area contributed by atoms with Gasteiger partial charge in [-0.2, -0.15) is 5.26 Å². The molecular weight excluding hydrogens is 112 g/mol. The Bertz CT molecular complexity index is 198. The average Bonchev–Trinajstić information content (AvgIpc) is 1.90. The van der Waals surface area contributed by atoms with E-state index >= 15 is 0 Å². The maximum Gasteiger partial charge on any atom is 0.140 e. The lowest BCUT2D eigenvalue weighted by atomic mass is 10.4. The molecule has 0 aromatic carbocycles. The van der Waals surface area contributed by atoms with E-state index < -0.39 is 0 Å². The van der Waals surface area contributed by atoms with Crippen LogP contribution in [0.1, 0.15) is 13.1 Å². The fourth-order valence-electron chi connectivity index (χ4n) is 0.429. The summed E-state index contributed by atoms with van der Waals surface area (Å²) in [5.41, 5.74) is 0.465. The van der Waals surface area contributed by atoms with Crippen molar-refractivity contribution in [3.05, 3.63) is 30.1 Å². The highest BCUT2D eigenvalue weighted by Gasteiger charge is 1.81. The van der Waals surface area contributed by atoms with Crippen molar-refractivity contribution in [2.45, 2.75) is 7.43 Å². The fraction of sp³-hybridized carbons (Fsp3) is 0.143. The Morgan fingerprint density at radius 1 is 1.44 bits per heavy atom. The van der Waals surface area contributed by atoms with Gasteiger partial charge < -0.3 is 0 Å². The summed E-state index contributed by atoms with van der Waals surface area (Å²) < 4.78 is 0. The number of hydrogen-bond donors (Lipinski definition) is 0. The zero-order valence-corrected chi connectivity index (χ0v) is 4.20. The van der Waals surface area contributed by atoms with Crippen LogP contribution >= 0.6 is 0 Å². The van der Waals surface area contributed by atoms with Crippen LogP contribution in [-0.4, -0.2) is 4.98 Å². The second-order valence-corrected chi connectivity index (χ2v) is 1.33. The molecule has 0 saturated carbocycles. The first-order chi connectivity index (χ1) is 3.93. The summed E-state index contributed by atoms with van der Waals surface area (Å²) in [7, 11) is 0. The standard InChI is InChI=1S/C6H4N2.CH4/c7-5-6-3-1-2-4-8-6;/h1-4H;1H4. The molecule has 0 atom stereocenters. The lowest BCUT2D eigenvalue weighted by Gasteiger charge is -1.79. The van der Waals surface area contributed by atoms with E-state index in [1.165, 1.54) is 0 Å². The summed E-state index contributed by atoms with van der Waals surface area (Å²) in [5, 5.41) is 8.23. The highest BCUT2D eigenvalue weighted by atomic mass is 14.7. The number of hydrogen-bond acceptors (Lipinski definition) is 2. The Labute approximate surface area is 54.8 Å². The monoisotopic (exact) mass is 120 g/mol. The number of rotatable bonds is 0. The number of nitrogens with zero attached hydrogens (tertiary/aromatic N) is 2. The van der Waals surface area contributed by atoms with Crippen LogP contribution in [0.15, 0.2) is 24.4 Å². The molecule has 0 amide bonds. The first kappa shape index (κ1) is 7.64. The van der Waals surface area contributed by atoms with E-state index in [0.29, 0.717) is 5.69 Å². The molecule has 0 N–H and O–H groups in total. The Hall–Kier alpha value is -1.36. The van der Waals surface area contributed by atoms with Crippen LogP contribution in [0, 0.1) is 11.3 Å². The summed E-state index contributed by atoms with van der Waals surface area (Å²) >= 11 is 0. The summed E-state index contributed by atoms with van der Waals surface area (Å²) in [6, 6.07) is 7.14. The molecule has 0 bridgehead atoms. The van der Waals surface area contributed by atoms with Gasteiger partial charge in [0.15, 0.2) is 0 Å². The summed E-state index contributed by atoms with van der Waals surface area (Å²) in [6.45, 7) is 0. The molecule has 0 fully saturated rings. The SMILES string of the molecule is C.N#Cc1ccccn1. The lowest BCUT2D eigenvalue weighted by molar-refractivity contribution is 1.26. The Morgan fingerprint density at radius 2 is 2.22 bits per heavy atom. The van der Waals surface area contributed by atoms with Crippen molar-refractivity contribution in [1.29, 1.82) is 5.26 Å². The quantitative estimate of drug-likeness (QED) is 0.521. The van der Waals surface area contributed by atoms with Crippen molar-refractivity contribution < 1.29 is 0 Å². The van der Waals surface area contributed by atoms with Crippen LogP contribution in [-0.2, 0) is 0 Å². The van der Waals surface area contributed by atoms with E-state index in [1.807, 2.05) is 6.07 Å². The normalized spacial score (nSPS) is 7.00. The Morgan fingerprint density at radius 3 is 2.56 bits per heavy atom. The summed E-state index contributed by atoms with van der Waals surface area (Å²) in [6.07, 6.45) is 1.60. The van der Waals surface area contributed by atoms with E-state index in [-0.39, 0.29) is 7.43 Å². The van der Waals surface area contributed by atoms with Gasteiger partial charge in [0.2, 0.25) is 0 Å². The molecule has 1 aromatic rings. The zero-order chi connectivity index (χ0) is 5.82. The molecule has 0 aliphatic carbocycles. The third-order valence-electron chi connectivity index (χ3n) is 0.779. The molecule has 0 aliphatic rings. The van der Waals surface area contributed by atoms with E-state index in [1.54, 1.807) is 24.4 Å². The third kappa shape index (κ3) is 1.92. The molecule has 2 heteroatoms. The van der Waals surface area contributed by atoms with Crippen LogP contribution in [0.3, 0.4) is 0 Å². The molecule has 46 valence electrons. The zero-order valence-electron chi connectivity index (χ0n) is 4.20. The van der Waals surface area contributed by atoms with E-state index in [0.717, 1.165) is 0 Å². The van der Waals surface area contributed by atoms with Crippen molar-refractivity contribution in [3.8, 4) is 6.07 Å². The van der Waals surface area contributed by atoms with Gasteiger partial charge in [-0.25, -0.2) is 4.98 Å². The van der Waals surface area contributed by atoms with Gasteiger partial charge in [0.25, 0.3) is 0 Å². The van der Waals surface area contributed by atoms with Gasteiger partial charge in [-0.3, -0.25) is 0 Å². The van der Waals surface area contributed by atoms with Crippen molar-refractivity contribution in [1.82, 2.24) is 4.98 Å². The molecule has 1 heterocycles. The second-order valence-electron chi connectivity index (χ2n) is 1.33. The lowest BCUT2D eigenvalue weighted by Crippen LogP contribution is -1.75. The topological polar surface area (TPSA) is 36.7 Å². The van der Waals surface area contributed by atoms with Gasteiger partial charge in [0.05, 0.1) is 0 Å². The van der Waals surface area contributed by atoms with Gasteiger partial charge in [-0.05, 0) is 12.1 Å². The molecule has 1 aromatic heterocycles. The van der Waals surface area contributed by atoms with Crippen LogP contribution in [0.5, 0.6) is 0 Å². The number of pyridine rings is 1. The maximum absolute atomic E-state index is 8.23. The minimum atomic E-state index is 0. The van der Waals surface area contributed by atoms with Crippen molar-refractivity contribution >= 4 is 0 Å². The van der Waals surface area contributed by atoms with Crippen LogP contribution in [0.25, 0.3) is 0 Å². The van der Waals surface area contributed by atoms with Gasteiger partial charge in [0.1, 0.15) is 11.8 Å². The van der Waals surface area contributed by atoms with Crippen LogP contribution < -0.4 is 0 Å². The first-order valence-corrected chi connectivity index (χ1v) is 2.24. The summed E-state index contributed by atoms with van der Waals surface area (Å²) in [4.78, 5) is 3.74. The largest absolute Gasteiger partial charge is 0.246 e. The molecule has 0 saturated heterocycles. The van der Waals surface area contributed by atoms with E-state index in [2.05, 4.69) is 4.98 Å². The molecule has 2 nitrogen and oxygen atoms in total. The third-order valence-corrected chi connectivity index (χ3v) is 0.779. The van der Waals surface area contributed by atoms with Crippen molar-refractivity contribution in [3.63, 3.8) is 0 Å². The first-order valence-electron chi connectivity index (χ1n) is 2.24. The Kier molecular flexibility index (Phi) is 3.07. The Balaban J connectivity index is 0.000000640. The molecule has 0 spiro atoms. The maximum atomic E-state index is 8.23. The smallest absolute Gasteiger partial charge is 0.140 e. The predicted molar refractivity (Wildman–Crippen MR) is 35.7 cm³/mol. The summed E-state index contributed by atoms with van der Waals surface area (Å²) in [5.74, 6) is 0. The average molecular weight is 120 g/mol. The van der Waals surface area contributed by atoms with Gasteiger partial charge in [-0.15, -0.1) is 0 Å². The van der Waals surface area contributed by atoms with Crippen molar-refractivity contribution in [2.75, 3.05) is 0 Å². The van der Waals surface area contributed by atoms with Crippen LogP contribution in [0.4, 0.5) is 0 Å². The molecule has 0 radical (unpaired) electrons. The van der Waals surface area contributed by atoms with Gasteiger partial charge >= 0.3 is 0 Å². The highest BCUT2D eigenvalue weighted by molar-refractivity contribution is 5.18.